The van der Waals surface area contributed by atoms with E-state index in [0.29, 0.717) is 17.0 Å². The van der Waals surface area contributed by atoms with Crippen molar-refractivity contribution in [2.24, 2.45) is 0 Å². The number of nitrogens with zero attached hydrogens (tertiary/aromatic N) is 1. The summed E-state index contributed by atoms with van der Waals surface area (Å²) in [4.78, 5) is 26.5. The van der Waals surface area contributed by atoms with Crippen molar-refractivity contribution in [3.63, 3.8) is 0 Å². The Morgan fingerprint density at radius 3 is 2.80 bits per heavy atom. The Bertz CT molecular complexity index is 716. The second-order valence-corrected chi connectivity index (χ2v) is 8.12. The molecule has 0 saturated carbocycles. The number of anilines is 1. The van der Waals surface area contributed by atoms with Gasteiger partial charge in [-0.1, -0.05) is 6.07 Å². The van der Waals surface area contributed by atoms with Crippen molar-refractivity contribution in [1.29, 1.82) is 0 Å². The summed E-state index contributed by atoms with van der Waals surface area (Å²) in [5.74, 6) is 0.368. The minimum absolute atomic E-state index is 0.0418. The fourth-order valence-electron chi connectivity index (χ4n) is 2.68. The number of carbonyl (C=O) groups is 2. The van der Waals surface area contributed by atoms with Crippen molar-refractivity contribution in [3.8, 4) is 0 Å². The van der Waals surface area contributed by atoms with Crippen LogP contribution in [-0.2, 0) is 4.79 Å². The van der Waals surface area contributed by atoms with Gasteiger partial charge in [-0.05, 0) is 42.6 Å². The lowest BCUT2D eigenvalue weighted by Crippen LogP contribution is -2.52. The summed E-state index contributed by atoms with van der Waals surface area (Å²) in [6, 6.07) is 11.3. The predicted molar refractivity (Wildman–Crippen MR) is 103 cm³/mol. The first-order valence-electron chi connectivity index (χ1n) is 8.21. The Hall–Kier alpha value is -1.83. The third-order valence-corrected chi connectivity index (χ3v) is 6.15. The van der Waals surface area contributed by atoms with Crippen LogP contribution in [0.1, 0.15) is 17.3 Å². The minimum atomic E-state index is -0.0480. The van der Waals surface area contributed by atoms with Gasteiger partial charge in [-0.3, -0.25) is 9.59 Å². The van der Waals surface area contributed by atoms with E-state index < -0.39 is 0 Å². The number of rotatable bonds is 5. The summed E-state index contributed by atoms with van der Waals surface area (Å²) in [5.41, 5.74) is 1.36. The number of carbonyl (C=O) groups excluding carboxylic acids is 2. The first-order valence-corrected chi connectivity index (χ1v) is 10.1. The summed E-state index contributed by atoms with van der Waals surface area (Å²) >= 11 is 3.15. The molecule has 2 amide bonds. The Kier molecular flexibility index (Phi) is 6.12. The SMILES string of the molecule is C[C@@H]1CNCCN1C(=O)c1ccc(NC(=O)CSc2cccs2)cc1. The standard InChI is InChI=1S/C18H21N3O2S2/c1-13-11-19-8-9-21(13)18(23)14-4-6-15(7-5-14)20-16(22)12-25-17-3-2-10-24-17/h2-7,10,13,19H,8-9,11-12H2,1H3,(H,20,22)/t13-/m1/s1. The number of piperazine rings is 1. The van der Waals surface area contributed by atoms with E-state index >= 15 is 0 Å². The molecule has 1 fully saturated rings. The van der Waals surface area contributed by atoms with Crippen LogP contribution in [0.4, 0.5) is 5.69 Å². The van der Waals surface area contributed by atoms with Crippen LogP contribution in [0.5, 0.6) is 0 Å². The van der Waals surface area contributed by atoms with E-state index in [1.807, 2.05) is 29.3 Å². The van der Waals surface area contributed by atoms with Crippen LogP contribution in [0.25, 0.3) is 0 Å². The van der Waals surface area contributed by atoms with Gasteiger partial charge in [0.15, 0.2) is 0 Å². The lowest BCUT2D eigenvalue weighted by molar-refractivity contribution is -0.113. The summed E-state index contributed by atoms with van der Waals surface area (Å²) in [6.45, 7) is 4.41. The normalized spacial score (nSPS) is 17.3. The average molecular weight is 376 g/mol. The second kappa shape index (κ2) is 8.51. The molecule has 3 rings (SSSR count). The zero-order valence-electron chi connectivity index (χ0n) is 14.0. The van der Waals surface area contributed by atoms with Gasteiger partial charge in [-0.25, -0.2) is 0 Å². The number of thioether (sulfide) groups is 1. The van der Waals surface area contributed by atoms with Crippen LogP contribution >= 0.6 is 23.1 Å². The molecule has 1 atom stereocenters. The molecule has 0 bridgehead atoms. The summed E-state index contributed by atoms with van der Waals surface area (Å²) in [7, 11) is 0. The zero-order valence-corrected chi connectivity index (χ0v) is 15.7. The van der Waals surface area contributed by atoms with Crippen LogP contribution < -0.4 is 10.6 Å². The molecule has 2 heterocycles. The Morgan fingerprint density at radius 1 is 1.32 bits per heavy atom. The molecule has 0 radical (unpaired) electrons. The van der Waals surface area contributed by atoms with Crippen molar-refractivity contribution in [3.05, 3.63) is 47.3 Å². The number of amides is 2. The molecule has 1 aromatic carbocycles. The van der Waals surface area contributed by atoms with Crippen molar-refractivity contribution in [2.45, 2.75) is 17.2 Å². The van der Waals surface area contributed by atoms with E-state index in [1.165, 1.54) is 11.8 Å². The van der Waals surface area contributed by atoms with Crippen molar-refractivity contribution >= 4 is 40.6 Å². The molecular weight excluding hydrogens is 354 g/mol. The molecule has 0 spiro atoms. The van der Waals surface area contributed by atoms with E-state index in [1.54, 1.807) is 35.6 Å². The quantitative estimate of drug-likeness (QED) is 0.789. The summed E-state index contributed by atoms with van der Waals surface area (Å²) in [5, 5.41) is 8.14. The molecule has 1 saturated heterocycles. The lowest BCUT2D eigenvalue weighted by Gasteiger charge is -2.34. The van der Waals surface area contributed by atoms with Crippen LogP contribution in [0, 0.1) is 0 Å². The van der Waals surface area contributed by atoms with Gasteiger partial charge in [-0.15, -0.1) is 23.1 Å². The maximum absolute atomic E-state index is 12.6. The van der Waals surface area contributed by atoms with Crippen molar-refractivity contribution in [1.82, 2.24) is 10.2 Å². The molecule has 1 aliphatic heterocycles. The highest BCUT2D eigenvalue weighted by Gasteiger charge is 2.23. The van der Waals surface area contributed by atoms with E-state index in [0.717, 1.165) is 23.8 Å². The molecule has 1 aliphatic rings. The van der Waals surface area contributed by atoms with Crippen LogP contribution in [0.3, 0.4) is 0 Å². The molecule has 132 valence electrons. The van der Waals surface area contributed by atoms with Gasteiger partial charge in [0.2, 0.25) is 5.91 Å². The topological polar surface area (TPSA) is 61.4 Å². The number of hydrogen-bond donors (Lipinski definition) is 2. The largest absolute Gasteiger partial charge is 0.333 e. The minimum Gasteiger partial charge on any atom is -0.333 e. The maximum atomic E-state index is 12.6. The third-order valence-electron chi connectivity index (χ3n) is 4.02. The van der Waals surface area contributed by atoms with Crippen molar-refractivity contribution in [2.75, 3.05) is 30.7 Å². The molecule has 2 N–H and O–H groups in total. The predicted octanol–water partition coefficient (Wildman–Crippen LogP) is 2.91. The van der Waals surface area contributed by atoms with Crippen LogP contribution in [0.2, 0.25) is 0 Å². The Labute approximate surface area is 155 Å². The maximum Gasteiger partial charge on any atom is 0.254 e. The third kappa shape index (κ3) is 4.84. The van der Waals surface area contributed by atoms with Gasteiger partial charge >= 0.3 is 0 Å². The number of thiophene rings is 1. The van der Waals surface area contributed by atoms with E-state index in [4.69, 9.17) is 0 Å². The molecule has 5 nitrogen and oxygen atoms in total. The van der Waals surface area contributed by atoms with Gasteiger partial charge in [0.25, 0.3) is 5.91 Å². The molecule has 0 unspecified atom stereocenters. The highest BCUT2D eigenvalue weighted by atomic mass is 32.2. The van der Waals surface area contributed by atoms with Crippen molar-refractivity contribution < 1.29 is 9.59 Å². The fourth-order valence-corrected chi connectivity index (χ4v) is 4.27. The zero-order chi connectivity index (χ0) is 17.6. The number of nitrogens with one attached hydrogen (secondary N) is 2. The van der Waals surface area contributed by atoms with Gasteiger partial charge in [-0.2, -0.15) is 0 Å². The molecule has 25 heavy (non-hydrogen) atoms. The Morgan fingerprint density at radius 2 is 2.12 bits per heavy atom. The fraction of sp³-hybridized carbons (Fsp3) is 0.333. The van der Waals surface area contributed by atoms with E-state index in [9.17, 15) is 9.59 Å². The smallest absolute Gasteiger partial charge is 0.254 e. The van der Waals surface area contributed by atoms with Gasteiger partial charge in [0.05, 0.1) is 9.96 Å². The molecule has 1 aromatic heterocycles. The second-order valence-electron chi connectivity index (χ2n) is 5.90. The number of benzene rings is 1. The van der Waals surface area contributed by atoms with Crippen LogP contribution in [-0.4, -0.2) is 48.1 Å². The monoisotopic (exact) mass is 375 g/mol. The van der Waals surface area contributed by atoms with Gasteiger partial charge in [0, 0.05) is 36.9 Å². The highest BCUT2D eigenvalue weighted by molar-refractivity contribution is 8.01. The van der Waals surface area contributed by atoms with Crippen LogP contribution in [0.15, 0.2) is 46.0 Å². The highest BCUT2D eigenvalue weighted by Crippen LogP contribution is 2.23. The molecule has 2 aromatic rings. The molecular formula is C18H21N3O2S2. The summed E-state index contributed by atoms with van der Waals surface area (Å²) in [6.07, 6.45) is 0. The van der Waals surface area contributed by atoms with Gasteiger partial charge < -0.3 is 15.5 Å². The first-order chi connectivity index (χ1) is 12.1. The van der Waals surface area contributed by atoms with Gasteiger partial charge in [0.1, 0.15) is 0 Å². The van der Waals surface area contributed by atoms with E-state index in [2.05, 4.69) is 10.6 Å². The lowest BCUT2D eigenvalue weighted by atomic mass is 10.1. The molecule has 7 heteroatoms. The average Bonchev–Trinajstić information content (AvgIpc) is 3.14. The Balaban J connectivity index is 1.54. The number of hydrogen-bond acceptors (Lipinski definition) is 5. The first kappa shape index (κ1) is 18.0. The summed E-state index contributed by atoms with van der Waals surface area (Å²) < 4.78 is 1.13. The molecule has 0 aliphatic carbocycles. The van der Waals surface area contributed by atoms with E-state index in [-0.39, 0.29) is 17.9 Å².